The Morgan fingerprint density at radius 2 is 1.97 bits per heavy atom. The standard InChI is InChI=1S/C21H27BrN6O7/c1-10-17(19(33)27-21(23)25-10)24-8-12(29)9-28(2)15-7-11(3-4-13(15)22)18(32)26-14(20(34)35)5-6-16(30)31/h3-4,7,12,14,24,29H,5-6,8-9H2,1-2H3,(H,26,32)(H,30,31)(H,34,35)(H3,23,25,27,33)/t12?,14-/m0/s1. The number of aryl methyl sites for hydroxylation is 1. The highest BCUT2D eigenvalue weighted by molar-refractivity contribution is 9.10. The van der Waals surface area contributed by atoms with E-state index in [1.54, 1.807) is 24.9 Å². The van der Waals surface area contributed by atoms with Crippen molar-refractivity contribution in [1.29, 1.82) is 0 Å². The van der Waals surface area contributed by atoms with Gasteiger partial charge in [0.2, 0.25) is 5.95 Å². The molecule has 0 bridgehead atoms. The fourth-order valence-corrected chi connectivity index (χ4v) is 3.78. The first-order chi connectivity index (χ1) is 16.4. The maximum atomic E-state index is 12.6. The number of likely N-dealkylation sites (N-methyl/N-ethyl adjacent to an activating group) is 1. The van der Waals surface area contributed by atoms with E-state index in [0.29, 0.717) is 15.9 Å². The van der Waals surface area contributed by atoms with Crippen molar-refractivity contribution in [3.63, 3.8) is 0 Å². The number of nitrogens with two attached hydrogens (primary N) is 1. The van der Waals surface area contributed by atoms with Crippen LogP contribution in [0.2, 0.25) is 0 Å². The van der Waals surface area contributed by atoms with Crippen LogP contribution in [-0.4, -0.2) is 75.4 Å². The van der Waals surface area contributed by atoms with Gasteiger partial charge in [-0.2, -0.15) is 0 Å². The smallest absolute Gasteiger partial charge is 0.326 e. The van der Waals surface area contributed by atoms with E-state index in [4.69, 9.17) is 10.8 Å². The molecule has 0 aliphatic heterocycles. The van der Waals surface area contributed by atoms with Gasteiger partial charge in [-0.1, -0.05) is 0 Å². The van der Waals surface area contributed by atoms with E-state index in [9.17, 15) is 29.4 Å². The summed E-state index contributed by atoms with van der Waals surface area (Å²) < 4.78 is 0.618. The number of aromatic nitrogens is 2. The Labute approximate surface area is 208 Å². The minimum absolute atomic E-state index is 0.0105. The molecular formula is C21H27BrN6O7. The lowest BCUT2D eigenvalue weighted by Gasteiger charge is -2.25. The number of hydrogen-bond donors (Lipinski definition) is 7. The van der Waals surface area contributed by atoms with Crippen molar-refractivity contribution in [3.05, 3.63) is 44.3 Å². The molecule has 35 heavy (non-hydrogen) atoms. The Hall–Kier alpha value is -3.65. The zero-order valence-electron chi connectivity index (χ0n) is 19.0. The SMILES string of the molecule is Cc1nc(N)[nH]c(=O)c1NCC(O)CN(C)c1cc(C(=O)N[C@@H](CCC(=O)O)C(=O)O)ccc1Br. The summed E-state index contributed by atoms with van der Waals surface area (Å²) in [5.41, 5.74) is 6.30. The van der Waals surface area contributed by atoms with E-state index in [0.717, 1.165) is 0 Å². The Morgan fingerprint density at radius 1 is 1.29 bits per heavy atom. The number of nitrogen functional groups attached to an aromatic ring is 1. The molecule has 0 spiro atoms. The van der Waals surface area contributed by atoms with Crippen LogP contribution >= 0.6 is 15.9 Å². The number of carbonyl (C=O) groups is 3. The van der Waals surface area contributed by atoms with Crippen LogP contribution in [0.4, 0.5) is 17.3 Å². The number of aliphatic hydroxyl groups is 1. The Kier molecular flexibility index (Phi) is 9.59. The number of rotatable bonds is 12. The van der Waals surface area contributed by atoms with Gasteiger partial charge in [-0.05, 0) is 47.5 Å². The lowest BCUT2D eigenvalue weighted by atomic mass is 10.1. The summed E-state index contributed by atoms with van der Waals surface area (Å²) in [4.78, 5) is 54.7. The average molecular weight is 555 g/mol. The summed E-state index contributed by atoms with van der Waals surface area (Å²) in [5, 5.41) is 33.7. The second kappa shape index (κ2) is 12.2. The predicted octanol–water partition coefficient (Wildman–Crippen LogP) is 0.380. The largest absolute Gasteiger partial charge is 0.481 e. The summed E-state index contributed by atoms with van der Waals surface area (Å²) in [7, 11) is 1.68. The molecule has 1 amide bonds. The molecule has 2 atom stereocenters. The highest BCUT2D eigenvalue weighted by atomic mass is 79.9. The highest BCUT2D eigenvalue weighted by Gasteiger charge is 2.22. The maximum absolute atomic E-state index is 12.6. The van der Waals surface area contributed by atoms with Crippen molar-refractivity contribution in [3.8, 4) is 0 Å². The van der Waals surface area contributed by atoms with Gasteiger partial charge in [0.1, 0.15) is 11.7 Å². The molecule has 1 heterocycles. The van der Waals surface area contributed by atoms with Crippen molar-refractivity contribution >= 4 is 51.1 Å². The van der Waals surface area contributed by atoms with Crippen LogP contribution < -0.4 is 26.8 Å². The number of H-pyrrole nitrogens is 1. The molecule has 2 rings (SSSR count). The van der Waals surface area contributed by atoms with Gasteiger partial charge in [0.25, 0.3) is 11.5 Å². The van der Waals surface area contributed by atoms with E-state index in [-0.39, 0.29) is 36.7 Å². The zero-order chi connectivity index (χ0) is 26.3. The van der Waals surface area contributed by atoms with Crippen molar-refractivity contribution in [2.45, 2.75) is 31.9 Å². The molecule has 1 aromatic carbocycles. The van der Waals surface area contributed by atoms with Gasteiger partial charge in [-0.15, -0.1) is 0 Å². The fourth-order valence-electron chi connectivity index (χ4n) is 3.23. The number of hydrogen-bond acceptors (Lipinski definition) is 9. The number of aromatic amines is 1. The number of aliphatic hydroxyl groups excluding tert-OH is 1. The summed E-state index contributed by atoms with van der Waals surface area (Å²) in [5.74, 6) is -3.20. The molecule has 0 fully saturated rings. The first-order valence-corrected chi connectivity index (χ1v) is 11.2. The topological polar surface area (TPSA) is 211 Å². The van der Waals surface area contributed by atoms with Crippen LogP contribution in [0.3, 0.4) is 0 Å². The van der Waals surface area contributed by atoms with E-state index >= 15 is 0 Å². The monoisotopic (exact) mass is 554 g/mol. The van der Waals surface area contributed by atoms with Crippen LogP contribution in [-0.2, 0) is 9.59 Å². The van der Waals surface area contributed by atoms with Crippen molar-refractivity contribution in [2.75, 3.05) is 36.1 Å². The molecule has 0 radical (unpaired) electrons. The first kappa shape index (κ1) is 27.6. The molecule has 0 aliphatic rings. The number of carboxylic acids is 2. The quantitative estimate of drug-likeness (QED) is 0.190. The summed E-state index contributed by atoms with van der Waals surface area (Å²) >= 11 is 3.39. The lowest BCUT2D eigenvalue weighted by molar-refractivity contribution is -0.140. The van der Waals surface area contributed by atoms with Crippen LogP contribution in [0.15, 0.2) is 27.5 Å². The van der Waals surface area contributed by atoms with E-state index in [1.165, 1.54) is 12.1 Å². The van der Waals surface area contributed by atoms with Gasteiger partial charge in [0, 0.05) is 36.6 Å². The third kappa shape index (κ3) is 7.96. The number of halogens is 1. The number of carboxylic acid groups (broad SMARTS) is 2. The minimum Gasteiger partial charge on any atom is -0.481 e. The van der Waals surface area contributed by atoms with E-state index in [1.807, 2.05) is 0 Å². The van der Waals surface area contributed by atoms with Crippen LogP contribution in [0.1, 0.15) is 28.9 Å². The molecular weight excluding hydrogens is 528 g/mol. The molecule has 14 heteroatoms. The number of nitrogens with zero attached hydrogens (tertiary/aromatic N) is 2. The molecule has 0 saturated heterocycles. The van der Waals surface area contributed by atoms with Crippen molar-refractivity contribution in [2.24, 2.45) is 0 Å². The zero-order valence-corrected chi connectivity index (χ0v) is 20.6. The van der Waals surface area contributed by atoms with Gasteiger partial charge >= 0.3 is 11.9 Å². The third-order valence-corrected chi connectivity index (χ3v) is 5.66. The normalized spacial score (nSPS) is 12.5. The third-order valence-electron chi connectivity index (χ3n) is 4.99. The molecule has 0 aliphatic carbocycles. The molecule has 0 saturated carbocycles. The predicted molar refractivity (Wildman–Crippen MR) is 132 cm³/mol. The van der Waals surface area contributed by atoms with Crippen LogP contribution in [0.5, 0.6) is 0 Å². The van der Waals surface area contributed by atoms with E-state index in [2.05, 4.69) is 36.5 Å². The number of amides is 1. The second-order valence-electron chi connectivity index (χ2n) is 7.79. The molecule has 8 N–H and O–H groups in total. The van der Waals surface area contributed by atoms with Gasteiger partial charge < -0.3 is 36.6 Å². The highest BCUT2D eigenvalue weighted by Crippen LogP contribution is 2.27. The maximum Gasteiger partial charge on any atom is 0.326 e. The second-order valence-corrected chi connectivity index (χ2v) is 8.64. The summed E-state index contributed by atoms with van der Waals surface area (Å²) in [6.07, 6.45) is -1.59. The molecule has 1 unspecified atom stereocenters. The van der Waals surface area contributed by atoms with Crippen LogP contribution in [0.25, 0.3) is 0 Å². The molecule has 13 nitrogen and oxygen atoms in total. The van der Waals surface area contributed by atoms with Crippen LogP contribution in [0, 0.1) is 6.92 Å². The Bertz CT molecular complexity index is 1160. The number of aliphatic carboxylic acids is 2. The molecule has 2 aromatic rings. The van der Waals surface area contributed by atoms with Gasteiger partial charge in [0.05, 0.1) is 17.5 Å². The lowest BCUT2D eigenvalue weighted by Crippen LogP contribution is -2.41. The number of anilines is 3. The Balaban J connectivity index is 2.06. The van der Waals surface area contributed by atoms with Crippen molar-refractivity contribution < 1.29 is 29.7 Å². The number of benzene rings is 1. The molecule has 1 aromatic heterocycles. The summed E-state index contributed by atoms with van der Waals surface area (Å²) in [6.45, 7) is 1.75. The van der Waals surface area contributed by atoms with E-state index < -0.39 is 42.0 Å². The van der Waals surface area contributed by atoms with Gasteiger partial charge in [0.15, 0.2) is 0 Å². The van der Waals surface area contributed by atoms with Gasteiger partial charge in [-0.3, -0.25) is 19.4 Å². The number of carbonyl (C=O) groups excluding carboxylic acids is 1. The Morgan fingerprint density at radius 3 is 2.57 bits per heavy atom. The van der Waals surface area contributed by atoms with Gasteiger partial charge in [-0.25, -0.2) is 9.78 Å². The van der Waals surface area contributed by atoms with Crippen molar-refractivity contribution in [1.82, 2.24) is 15.3 Å². The number of nitrogens with one attached hydrogen (secondary N) is 3. The fraction of sp³-hybridized carbons (Fsp3) is 0.381. The minimum atomic E-state index is -1.36. The first-order valence-electron chi connectivity index (χ1n) is 10.4. The molecule has 190 valence electrons. The average Bonchev–Trinajstić information content (AvgIpc) is 2.75. The summed E-state index contributed by atoms with van der Waals surface area (Å²) in [6, 6.07) is 3.23.